The summed E-state index contributed by atoms with van der Waals surface area (Å²) in [5.41, 5.74) is 10.5. The Morgan fingerprint density at radius 2 is 1.67 bits per heavy atom. The van der Waals surface area contributed by atoms with Crippen LogP contribution in [0.5, 0.6) is 0 Å². The Bertz CT molecular complexity index is 1630. The second-order valence-electron chi connectivity index (χ2n) is 13.1. The van der Waals surface area contributed by atoms with Crippen molar-refractivity contribution >= 4 is 17.7 Å². The molecule has 0 saturated carbocycles. The third-order valence-electron chi connectivity index (χ3n) is 8.69. The number of fused-ring (bicyclic) bond motifs is 1. The van der Waals surface area contributed by atoms with Crippen LogP contribution in [0.4, 0.5) is 11.8 Å². The predicted molar refractivity (Wildman–Crippen MR) is 176 cm³/mol. The second-order valence-corrected chi connectivity index (χ2v) is 13.1. The number of hydrogen-bond donors (Lipinski definition) is 3. The molecule has 5 rings (SSSR count). The topological polar surface area (TPSA) is 111 Å². The Balaban J connectivity index is 1.16. The van der Waals surface area contributed by atoms with Crippen LogP contribution < -0.4 is 16.1 Å². The van der Waals surface area contributed by atoms with Gasteiger partial charge in [0.15, 0.2) is 5.76 Å². The van der Waals surface area contributed by atoms with Gasteiger partial charge in [0.1, 0.15) is 11.6 Å². The molecular formula is C36H45N5O4. The van der Waals surface area contributed by atoms with Crippen LogP contribution in [0.25, 0.3) is 0 Å². The van der Waals surface area contributed by atoms with Gasteiger partial charge in [0.2, 0.25) is 5.95 Å². The summed E-state index contributed by atoms with van der Waals surface area (Å²) in [7, 11) is 1.61. The number of methoxy groups -OCH3 is 1. The fourth-order valence-corrected chi connectivity index (χ4v) is 5.80. The van der Waals surface area contributed by atoms with E-state index >= 15 is 0 Å². The van der Waals surface area contributed by atoms with E-state index in [1.165, 1.54) is 35.1 Å². The van der Waals surface area contributed by atoms with Crippen molar-refractivity contribution in [3.05, 3.63) is 106 Å². The maximum atomic E-state index is 13.0. The number of nitrogens with zero attached hydrogens (tertiary/aromatic N) is 2. The normalized spacial score (nSPS) is 14.9. The highest BCUT2D eigenvalue weighted by molar-refractivity contribution is 5.91. The number of rotatable bonds is 13. The van der Waals surface area contributed by atoms with Gasteiger partial charge < -0.3 is 19.8 Å². The number of ether oxygens (including phenoxy) is 1. The molecule has 238 valence electrons. The third-order valence-corrected chi connectivity index (χ3v) is 8.69. The van der Waals surface area contributed by atoms with Crippen molar-refractivity contribution in [2.75, 3.05) is 31.1 Å². The molecule has 9 heteroatoms. The smallest absolute Gasteiger partial charge is 0.287 e. The molecule has 1 aliphatic carbocycles. The van der Waals surface area contributed by atoms with Crippen molar-refractivity contribution in [1.29, 1.82) is 0 Å². The number of benzene rings is 2. The molecule has 0 atom stereocenters. The molecule has 2 heterocycles. The van der Waals surface area contributed by atoms with Gasteiger partial charge in [-0.3, -0.25) is 9.63 Å². The summed E-state index contributed by atoms with van der Waals surface area (Å²) in [6.45, 7) is 13.4. The summed E-state index contributed by atoms with van der Waals surface area (Å²) >= 11 is 0. The maximum Gasteiger partial charge on any atom is 0.287 e. The molecular weight excluding hydrogens is 566 g/mol. The summed E-state index contributed by atoms with van der Waals surface area (Å²) < 4.78 is 11.0. The van der Waals surface area contributed by atoms with Gasteiger partial charge in [-0.15, -0.1) is 0 Å². The molecule has 0 saturated heterocycles. The fraction of sp³-hybridized carbons (Fsp3) is 0.417. The number of furan rings is 1. The number of amides is 1. The van der Waals surface area contributed by atoms with Gasteiger partial charge >= 0.3 is 0 Å². The number of hydrogen-bond acceptors (Lipinski definition) is 8. The number of aryl methyl sites for hydroxylation is 1. The molecule has 3 N–H and O–H groups in total. The minimum atomic E-state index is -0.233. The number of anilines is 2. The van der Waals surface area contributed by atoms with Crippen LogP contribution in [0.15, 0.2) is 65.2 Å². The maximum absolute atomic E-state index is 13.0. The summed E-state index contributed by atoms with van der Waals surface area (Å²) in [5.74, 6) is 1.89. The molecule has 1 amide bonds. The summed E-state index contributed by atoms with van der Waals surface area (Å²) in [4.78, 5) is 26.8. The lowest BCUT2D eigenvalue weighted by molar-refractivity contribution is 0.0921. The zero-order valence-corrected chi connectivity index (χ0v) is 27.3. The zero-order valence-electron chi connectivity index (χ0n) is 27.3. The van der Waals surface area contributed by atoms with Gasteiger partial charge in [0, 0.05) is 32.8 Å². The van der Waals surface area contributed by atoms with E-state index in [1.54, 1.807) is 25.4 Å². The first-order valence-electron chi connectivity index (χ1n) is 15.6. The van der Waals surface area contributed by atoms with Crippen molar-refractivity contribution in [2.45, 2.75) is 77.8 Å². The van der Waals surface area contributed by atoms with Crippen LogP contribution in [0.3, 0.4) is 0 Å². The zero-order chi connectivity index (χ0) is 32.0. The first kappa shape index (κ1) is 32.2. The van der Waals surface area contributed by atoms with Crippen LogP contribution in [-0.2, 0) is 39.9 Å². The van der Waals surface area contributed by atoms with Crippen molar-refractivity contribution in [3.63, 3.8) is 0 Å². The molecule has 9 nitrogen and oxygen atoms in total. The van der Waals surface area contributed by atoms with Crippen LogP contribution in [0.1, 0.15) is 90.2 Å². The Morgan fingerprint density at radius 3 is 2.42 bits per heavy atom. The molecule has 0 bridgehead atoms. The largest absolute Gasteiger partial charge is 0.456 e. The molecule has 45 heavy (non-hydrogen) atoms. The van der Waals surface area contributed by atoms with Gasteiger partial charge in [0.05, 0.1) is 13.2 Å². The quantitative estimate of drug-likeness (QED) is 0.111. The van der Waals surface area contributed by atoms with E-state index in [2.05, 4.69) is 78.9 Å². The highest BCUT2D eigenvalue weighted by Gasteiger charge is 2.37. The highest BCUT2D eigenvalue weighted by Crippen LogP contribution is 2.46. The summed E-state index contributed by atoms with van der Waals surface area (Å²) in [6, 6.07) is 18.2. The average Bonchev–Trinajstić information content (AvgIpc) is 3.49. The second kappa shape index (κ2) is 13.8. The standard InChI is InChI=1S/C36H45N5O4/c1-24-18-29-30(36(4,5)14-13-35(29,2)3)21-27(24)20-28-10-11-31(45-28)33(42)39-23-26-9-7-8-25(19-26)22-38-32-12-15-37-34(40-32)41-44-17-16-43-6/h7-12,15,18-19,21H,13-14,16-17,20,22-23H2,1-6H3,(H,39,42)(H2,37,38,40,41). The lowest BCUT2D eigenvalue weighted by Crippen LogP contribution is -2.34. The van der Waals surface area contributed by atoms with Crippen molar-refractivity contribution in [3.8, 4) is 0 Å². The third kappa shape index (κ3) is 8.09. The summed E-state index contributed by atoms with van der Waals surface area (Å²) in [5, 5.41) is 6.30. The fourth-order valence-electron chi connectivity index (χ4n) is 5.80. The molecule has 0 spiro atoms. The van der Waals surface area contributed by atoms with E-state index in [0.717, 1.165) is 16.9 Å². The van der Waals surface area contributed by atoms with Crippen LogP contribution in [-0.4, -0.2) is 36.2 Å². The van der Waals surface area contributed by atoms with E-state index in [-0.39, 0.29) is 16.7 Å². The lowest BCUT2D eigenvalue weighted by Gasteiger charge is -2.42. The van der Waals surface area contributed by atoms with Gasteiger partial charge in [-0.1, -0.05) is 64.1 Å². The number of aromatic nitrogens is 2. The first-order valence-corrected chi connectivity index (χ1v) is 15.6. The van der Waals surface area contributed by atoms with E-state index in [0.29, 0.717) is 50.3 Å². The Morgan fingerprint density at radius 1 is 0.933 bits per heavy atom. The van der Waals surface area contributed by atoms with Gasteiger partial charge in [-0.05, 0) is 82.2 Å². The lowest BCUT2D eigenvalue weighted by atomic mass is 9.62. The number of carbonyl (C=O) groups is 1. The Kier molecular flexibility index (Phi) is 9.90. The highest BCUT2D eigenvalue weighted by atomic mass is 16.7. The SMILES string of the molecule is COCCONc1nccc(NCc2cccc(CNC(=O)c3ccc(Cc4cc5c(cc4C)C(C)(C)CCC5(C)C)o3)c2)n1. The Labute approximate surface area is 266 Å². The predicted octanol–water partition coefficient (Wildman–Crippen LogP) is 6.85. The van der Waals surface area contributed by atoms with Crippen molar-refractivity contribution < 1.29 is 18.8 Å². The molecule has 0 fully saturated rings. The summed E-state index contributed by atoms with van der Waals surface area (Å²) in [6.07, 6.45) is 4.67. The molecule has 2 aromatic carbocycles. The average molecular weight is 612 g/mol. The van der Waals surface area contributed by atoms with Gasteiger partial charge in [-0.25, -0.2) is 10.5 Å². The number of nitrogens with one attached hydrogen (secondary N) is 3. The molecule has 0 aliphatic heterocycles. The van der Waals surface area contributed by atoms with Gasteiger partial charge in [0.25, 0.3) is 5.91 Å². The van der Waals surface area contributed by atoms with E-state index < -0.39 is 0 Å². The van der Waals surface area contributed by atoms with Crippen LogP contribution in [0, 0.1) is 6.92 Å². The number of carbonyl (C=O) groups excluding carboxylic acids is 1. The van der Waals surface area contributed by atoms with E-state index in [4.69, 9.17) is 14.0 Å². The Hall–Kier alpha value is -4.21. The van der Waals surface area contributed by atoms with Crippen LogP contribution >= 0.6 is 0 Å². The minimum Gasteiger partial charge on any atom is -0.456 e. The van der Waals surface area contributed by atoms with Crippen LogP contribution in [0.2, 0.25) is 0 Å². The monoisotopic (exact) mass is 611 g/mol. The minimum absolute atomic E-state index is 0.144. The molecule has 0 radical (unpaired) electrons. The van der Waals surface area contributed by atoms with Gasteiger partial charge in [-0.2, -0.15) is 4.98 Å². The van der Waals surface area contributed by atoms with E-state index in [9.17, 15) is 4.79 Å². The molecule has 0 unspecified atom stereocenters. The first-order chi connectivity index (χ1) is 21.5. The van der Waals surface area contributed by atoms with E-state index in [1.807, 2.05) is 24.3 Å². The molecule has 1 aliphatic rings. The molecule has 4 aromatic rings. The van der Waals surface area contributed by atoms with Crippen molar-refractivity contribution in [2.24, 2.45) is 0 Å². The van der Waals surface area contributed by atoms with Crippen molar-refractivity contribution in [1.82, 2.24) is 15.3 Å². The molecule has 2 aromatic heterocycles.